The molecule has 0 amide bonds. The lowest BCUT2D eigenvalue weighted by Crippen LogP contribution is -2.24. The smallest absolute Gasteiger partial charge is 0.417 e. The minimum atomic E-state index is -4.78. The predicted molar refractivity (Wildman–Crippen MR) is 87.9 cm³/mol. The summed E-state index contributed by atoms with van der Waals surface area (Å²) in [6.45, 7) is 3.64. The van der Waals surface area contributed by atoms with E-state index in [9.17, 15) is 22.8 Å². The van der Waals surface area contributed by atoms with Crippen molar-refractivity contribution in [2.75, 3.05) is 0 Å². The number of carbonyl (C=O) groups is 2. The van der Waals surface area contributed by atoms with Crippen molar-refractivity contribution < 1.29 is 27.5 Å². The summed E-state index contributed by atoms with van der Waals surface area (Å²) in [5.41, 5.74) is -2.11. The molecule has 0 aliphatic heterocycles. The molecular formula is C18H16F3N3O3. The van der Waals surface area contributed by atoms with Crippen LogP contribution in [0.3, 0.4) is 0 Å². The number of aromatic nitrogens is 3. The Labute approximate surface area is 152 Å². The van der Waals surface area contributed by atoms with Crippen molar-refractivity contribution in [3.05, 3.63) is 53.8 Å². The van der Waals surface area contributed by atoms with Gasteiger partial charge in [0.05, 0.1) is 16.8 Å². The number of hydrogen-bond donors (Lipinski definition) is 0. The van der Waals surface area contributed by atoms with E-state index in [1.807, 2.05) is 13.8 Å². The molecule has 142 valence electrons. The number of halogens is 3. The maximum atomic E-state index is 13.5. The SMILES string of the molecule is CC1(C)CC(=O)C=C(OC(=O)c2ccc(-n3cncn3)cc2C(F)(F)F)C1. The van der Waals surface area contributed by atoms with Crippen molar-refractivity contribution >= 4 is 11.8 Å². The molecule has 9 heteroatoms. The van der Waals surface area contributed by atoms with Crippen LogP contribution in [0.4, 0.5) is 13.2 Å². The molecular weight excluding hydrogens is 363 g/mol. The Hall–Kier alpha value is -2.97. The minimum absolute atomic E-state index is 0.0646. The topological polar surface area (TPSA) is 74.1 Å². The number of nitrogens with zero attached hydrogens (tertiary/aromatic N) is 3. The van der Waals surface area contributed by atoms with E-state index in [-0.39, 0.29) is 30.1 Å². The monoisotopic (exact) mass is 379 g/mol. The fourth-order valence-corrected chi connectivity index (χ4v) is 2.96. The van der Waals surface area contributed by atoms with Gasteiger partial charge in [-0.2, -0.15) is 18.3 Å². The summed E-state index contributed by atoms with van der Waals surface area (Å²) in [6, 6.07) is 3.14. The van der Waals surface area contributed by atoms with Crippen LogP contribution in [0, 0.1) is 5.41 Å². The molecule has 0 saturated heterocycles. The summed E-state index contributed by atoms with van der Waals surface area (Å²) in [7, 11) is 0. The summed E-state index contributed by atoms with van der Waals surface area (Å²) in [4.78, 5) is 27.8. The minimum Gasteiger partial charge on any atom is -0.427 e. The summed E-state index contributed by atoms with van der Waals surface area (Å²) < 4.78 is 46.7. The van der Waals surface area contributed by atoms with Crippen molar-refractivity contribution in [1.29, 1.82) is 0 Å². The van der Waals surface area contributed by atoms with Crippen LogP contribution in [0.2, 0.25) is 0 Å². The molecule has 0 N–H and O–H groups in total. The molecule has 0 saturated carbocycles. The van der Waals surface area contributed by atoms with Crippen molar-refractivity contribution in [1.82, 2.24) is 14.8 Å². The normalized spacial score (nSPS) is 16.8. The average Bonchev–Trinajstić information content (AvgIpc) is 3.05. The first-order valence-corrected chi connectivity index (χ1v) is 8.07. The van der Waals surface area contributed by atoms with Gasteiger partial charge in [-0.25, -0.2) is 14.5 Å². The molecule has 27 heavy (non-hydrogen) atoms. The number of ketones is 1. The molecule has 0 radical (unpaired) electrons. The highest BCUT2D eigenvalue weighted by Gasteiger charge is 2.37. The van der Waals surface area contributed by atoms with E-state index in [1.165, 1.54) is 24.8 Å². The number of benzene rings is 1. The average molecular weight is 379 g/mol. The fourth-order valence-electron chi connectivity index (χ4n) is 2.96. The van der Waals surface area contributed by atoms with Crippen molar-refractivity contribution in [3.8, 4) is 5.69 Å². The molecule has 0 unspecified atom stereocenters. The van der Waals surface area contributed by atoms with Crippen LogP contribution in [0.1, 0.15) is 42.6 Å². The van der Waals surface area contributed by atoms with E-state index >= 15 is 0 Å². The number of allylic oxidation sites excluding steroid dienone is 2. The second-order valence-electron chi connectivity index (χ2n) is 7.05. The number of ether oxygens (including phenoxy) is 1. The van der Waals surface area contributed by atoms with E-state index in [0.717, 1.165) is 16.8 Å². The van der Waals surface area contributed by atoms with Crippen molar-refractivity contribution in [2.45, 2.75) is 32.9 Å². The number of alkyl halides is 3. The fraction of sp³-hybridized carbons (Fsp3) is 0.333. The Kier molecular flexibility index (Phi) is 4.63. The molecule has 1 aliphatic carbocycles. The van der Waals surface area contributed by atoms with Gasteiger partial charge >= 0.3 is 12.1 Å². The van der Waals surface area contributed by atoms with Gasteiger partial charge in [0.25, 0.3) is 0 Å². The first-order chi connectivity index (χ1) is 12.5. The largest absolute Gasteiger partial charge is 0.427 e. The van der Waals surface area contributed by atoms with Gasteiger partial charge in [0, 0.05) is 18.9 Å². The van der Waals surface area contributed by atoms with E-state index in [0.29, 0.717) is 0 Å². The van der Waals surface area contributed by atoms with Gasteiger partial charge in [-0.05, 0) is 23.6 Å². The molecule has 0 spiro atoms. The second-order valence-corrected chi connectivity index (χ2v) is 7.05. The van der Waals surface area contributed by atoms with Crippen LogP contribution < -0.4 is 0 Å². The lowest BCUT2D eigenvalue weighted by atomic mass is 9.79. The summed E-state index contributed by atoms with van der Waals surface area (Å²) >= 11 is 0. The van der Waals surface area contributed by atoms with Gasteiger partial charge in [-0.15, -0.1) is 0 Å². The Balaban J connectivity index is 1.93. The number of carbonyl (C=O) groups excluding carboxylic acids is 2. The van der Waals surface area contributed by atoms with Crippen molar-refractivity contribution in [2.24, 2.45) is 5.41 Å². The highest BCUT2D eigenvalue weighted by molar-refractivity contribution is 5.95. The van der Waals surface area contributed by atoms with E-state index < -0.39 is 28.7 Å². The van der Waals surface area contributed by atoms with E-state index in [2.05, 4.69) is 10.1 Å². The third-order valence-electron chi connectivity index (χ3n) is 4.06. The third kappa shape index (κ3) is 4.24. The first-order valence-electron chi connectivity index (χ1n) is 8.07. The maximum absolute atomic E-state index is 13.5. The quantitative estimate of drug-likeness (QED) is 0.760. The maximum Gasteiger partial charge on any atom is 0.417 e. The highest BCUT2D eigenvalue weighted by Crippen LogP contribution is 2.36. The Morgan fingerprint density at radius 3 is 2.59 bits per heavy atom. The predicted octanol–water partition coefficient (Wildman–Crippen LogP) is 3.72. The highest BCUT2D eigenvalue weighted by atomic mass is 19.4. The lowest BCUT2D eigenvalue weighted by molar-refractivity contribution is -0.138. The van der Waals surface area contributed by atoms with Crippen molar-refractivity contribution in [3.63, 3.8) is 0 Å². The number of esters is 1. The van der Waals surface area contributed by atoms with Gasteiger partial charge < -0.3 is 4.74 Å². The molecule has 1 aromatic heterocycles. The van der Waals surface area contributed by atoms with Gasteiger partial charge in [-0.1, -0.05) is 13.8 Å². The molecule has 1 heterocycles. The lowest BCUT2D eigenvalue weighted by Gasteiger charge is -2.28. The number of rotatable bonds is 3. The second kappa shape index (κ2) is 6.64. The van der Waals surface area contributed by atoms with Crippen LogP contribution in [0.5, 0.6) is 0 Å². The number of hydrogen-bond acceptors (Lipinski definition) is 5. The van der Waals surface area contributed by atoms with Gasteiger partial charge in [-0.3, -0.25) is 4.79 Å². The molecule has 0 bridgehead atoms. The van der Waals surface area contributed by atoms with Crippen LogP contribution in [-0.2, 0) is 15.7 Å². The van der Waals surface area contributed by atoms with Gasteiger partial charge in [0.1, 0.15) is 18.4 Å². The third-order valence-corrected chi connectivity index (χ3v) is 4.06. The standard InChI is InChI=1S/C18H16F3N3O3/c1-17(2)7-12(25)6-13(8-17)27-16(26)14-4-3-11(24-10-22-9-23-24)5-15(14)18(19,20)21/h3-6,9-10H,7-8H2,1-2H3. The van der Waals surface area contributed by atoms with Crippen LogP contribution >= 0.6 is 0 Å². The Morgan fingerprint density at radius 1 is 1.26 bits per heavy atom. The molecule has 0 fully saturated rings. The molecule has 6 nitrogen and oxygen atoms in total. The first kappa shape index (κ1) is 18.8. The molecule has 0 atom stereocenters. The van der Waals surface area contributed by atoms with E-state index in [1.54, 1.807) is 0 Å². The van der Waals surface area contributed by atoms with Crippen LogP contribution in [-0.4, -0.2) is 26.5 Å². The Bertz CT molecular complexity index is 916. The zero-order valence-electron chi connectivity index (χ0n) is 14.6. The van der Waals surface area contributed by atoms with E-state index in [4.69, 9.17) is 4.74 Å². The zero-order chi connectivity index (χ0) is 19.8. The molecule has 1 aliphatic rings. The molecule has 3 rings (SSSR count). The van der Waals surface area contributed by atoms with Gasteiger partial charge in [0.15, 0.2) is 5.78 Å². The van der Waals surface area contributed by atoms with Crippen LogP contribution in [0.15, 0.2) is 42.7 Å². The summed E-state index contributed by atoms with van der Waals surface area (Å²) in [6.07, 6.45) is -0.615. The Morgan fingerprint density at radius 2 is 2.00 bits per heavy atom. The molecule has 1 aromatic carbocycles. The van der Waals surface area contributed by atoms with Crippen LogP contribution in [0.25, 0.3) is 5.69 Å². The summed E-state index contributed by atoms with van der Waals surface area (Å²) in [5.74, 6) is -1.33. The van der Waals surface area contributed by atoms with Gasteiger partial charge in [0.2, 0.25) is 0 Å². The molecule has 2 aromatic rings. The summed E-state index contributed by atoms with van der Waals surface area (Å²) in [5, 5.41) is 3.78. The zero-order valence-corrected chi connectivity index (χ0v) is 14.6.